The monoisotopic (exact) mass is 414 g/mol. The molecule has 4 amide bonds. The lowest BCUT2D eigenvalue weighted by Gasteiger charge is -2.16. The number of carbonyl (C=O) groups is 4. The molecule has 22 heavy (non-hydrogen) atoms. The molecule has 2 rings (SSSR count). The van der Waals surface area contributed by atoms with E-state index in [2.05, 4.69) is 22.6 Å². The molecule has 0 aromatic heterocycles. The Morgan fingerprint density at radius 1 is 1.05 bits per heavy atom. The molecule has 1 fully saturated rings. The minimum atomic E-state index is -0.940. The molecule has 1 aliphatic heterocycles. The Morgan fingerprint density at radius 3 is 2.14 bits per heavy atom. The molecule has 1 heterocycles. The van der Waals surface area contributed by atoms with E-state index in [-0.39, 0.29) is 18.2 Å². The number of urea groups is 1. The van der Waals surface area contributed by atoms with Gasteiger partial charge in [-0.05, 0) is 40.6 Å². The molecule has 1 aromatic carbocycles. The van der Waals surface area contributed by atoms with Gasteiger partial charge in [-0.25, -0.2) is 9.69 Å². The van der Waals surface area contributed by atoms with Crippen molar-refractivity contribution in [2.24, 2.45) is 5.92 Å². The second-order valence-corrected chi connectivity index (χ2v) is 6.66. The molecule has 1 aromatic rings. The normalized spacial score (nSPS) is 15.2. The number of carbonyl (C=O) groups excluding carboxylic acids is 4. The van der Waals surface area contributed by atoms with Gasteiger partial charge in [-0.3, -0.25) is 19.3 Å². The fourth-order valence-electron chi connectivity index (χ4n) is 2.09. The van der Waals surface area contributed by atoms with Crippen LogP contribution in [0.2, 0.25) is 0 Å². The number of benzene rings is 1. The lowest BCUT2D eigenvalue weighted by molar-refractivity contribution is -0.143. The molecule has 6 nitrogen and oxygen atoms in total. The van der Waals surface area contributed by atoms with Crippen molar-refractivity contribution >= 4 is 46.2 Å². The van der Waals surface area contributed by atoms with Gasteiger partial charge in [0, 0.05) is 15.7 Å². The standard InChI is InChI=1S/C15H15IN2O4/c1-9(2)7-17-13(20)14(21)18(15(17)22)8-12(19)10-3-5-11(16)6-4-10/h3-6,9H,7-8H2,1-2H3. The summed E-state index contributed by atoms with van der Waals surface area (Å²) in [6.45, 7) is 3.42. The van der Waals surface area contributed by atoms with Crippen LogP contribution in [0.5, 0.6) is 0 Å². The van der Waals surface area contributed by atoms with Gasteiger partial charge in [-0.15, -0.1) is 0 Å². The van der Waals surface area contributed by atoms with E-state index < -0.39 is 24.4 Å². The van der Waals surface area contributed by atoms with Crippen LogP contribution >= 0.6 is 22.6 Å². The zero-order chi connectivity index (χ0) is 16.4. The smallest absolute Gasteiger partial charge is 0.292 e. The van der Waals surface area contributed by atoms with Gasteiger partial charge >= 0.3 is 17.8 Å². The summed E-state index contributed by atoms with van der Waals surface area (Å²) >= 11 is 2.11. The highest BCUT2D eigenvalue weighted by Gasteiger charge is 2.45. The van der Waals surface area contributed by atoms with Crippen molar-refractivity contribution in [3.05, 3.63) is 33.4 Å². The topological polar surface area (TPSA) is 74.8 Å². The third-order valence-corrected chi connectivity index (χ3v) is 3.87. The van der Waals surface area contributed by atoms with E-state index in [0.29, 0.717) is 10.5 Å². The number of Topliss-reactive ketones (excluding diaryl/α,β-unsaturated/α-hetero) is 1. The van der Waals surface area contributed by atoms with Crippen LogP contribution in [0, 0.1) is 9.49 Å². The highest BCUT2D eigenvalue weighted by atomic mass is 127. The summed E-state index contributed by atoms with van der Waals surface area (Å²) < 4.78 is 0.973. The molecule has 0 atom stereocenters. The second kappa shape index (κ2) is 6.55. The van der Waals surface area contributed by atoms with E-state index in [9.17, 15) is 19.2 Å². The van der Waals surface area contributed by atoms with Crippen LogP contribution in [-0.2, 0) is 9.59 Å². The van der Waals surface area contributed by atoms with E-state index in [1.807, 2.05) is 13.8 Å². The summed E-state index contributed by atoms with van der Waals surface area (Å²) in [6.07, 6.45) is 0. The first-order valence-corrected chi connectivity index (χ1v) is 7.85. The quantitative estimate of drug-likeness (QED) is 0.320. The lowest BCUT2D eigenvalue weighted by Crippen LogP contribution is -2.38. The Labute approximate surface area is 141 Å². The van der Waals surface area contributed by atoms with Crippen molar-refractivity contribution < 1.29 is 19.2 Å². The van der Waals surface area contributed by atoms with Gasteiger partial charge in [0.1, 0.15) is 0 Å². The Hall–Kier alpha value is -1.77. The average Bonchev–Trinajstić information content (AvgIpc) is 2.65. The van der Waals surface area contributed by atoms with Gasteiger partial charge in [-0.2, -0.15) is 0 Å². The average molecular weight is 414 g/mol. The van der Waals surface area contributed by atoms with Crippen LogP contribution in [0.25, 0.3) is 0 Å². The molecule has 1 aliphatic rings. The van der Waals surface area contributed by atoms with Crippen molar-refractivity contribution in [2.75, 3.05) is 13.1 Å². The Morgan fingerprint density at radius 2 is 1.59 bits per heavy atom. The third kappa shape index (κ3) is 3.34. The maximum atomic E-state index is 12.2. The van der Waals surface area contributed by atoms with Gasteiger partial charge in [0.05, 0.1) is 6.54 Å². The molecule has 1 saturated heterocycles. The second-order valence-electron chi connectivity index (χ2n) is 5.41. The Kier molecular flexibility index (Phi) is 4.94. The summed E-state index contributed by atoms with van der Waals surface area (Å²) in [4.78, 5) is 49.6. The molecule has 0 bridgehead atoms. The number of hydrogen-bond donors (Lipinski definition) is 0. The van der Waals surface area contributed by atoms with Gasteiger partial charge in [0.2, 0.25) is 0 Å². The molecular formula is C15H15IN2O4. The van der Waals surface area contributed by atoms with E-state index in [0.717, 1.165) is 8.47 Å². The Balaban J connectivity index is 2.14. The van der Waals surface area contributed by atoms with E-state index >= 15 is 0 Å². The van der Waals surface area contributed by atoms with Crippen molar-refractivity contribution in [1.82, 2.24) is 9.80 Å². The number of nitrogens with zero attached hydrogens (tertiary/aromatic N) is 2. The van der Waals surface area contributed by atoms with Crippen LogP contribution in [0.1, 0.15) is 24.2 Å². The fourth-order valence-corrected chi connectivity index (χ4v) is 2.45. The molecule has 0 saturated carbocycles. The molecule has 7 heteroatoms. The number of rotatable bonds is 5. The predicted octanol–water partition coefficient (Wildman–Crippen LogP) is 1.92. The Bertz CT molecular complexity index is 639. The van der Waals surface area contributed by atoms with E-state index in [4.69, 9.17) is 0 Å². The summed E-state index contributed by atoms with van der Waals surface area (Å²) in [7, 11) is 0. The van der Waals surface area contributed by atoms with Crippen molar-refractivity contribution in [2.45, 2.75) is 13.8 Å². The molecule has 0 N–H and O–H groups in total. The van der Waals surface area contributed by atoms with Gasteiger partial charge in [0.15, 0.2) is 5.78 Å². The van der Waals surface area contributed by atoms with Crippen LogP contribution in [0.15, 0.2) is 24.3 Å². The molecule has 116 valence electrons. The fraction of sp³-hybridized carbons (Fsp3) is 0.333. The predicted molar refractivity (Wildman–Crippen MR) is 87.1 cm³/mol. The number of amides is 4. The first-order valence-electron chi connectivity index (χ1n) is 6.77. The zero-order valence-electron chi connectivity index (χ0n) is 12.2. The summed E-state index contributed by atoms with van der Waals surface area (Å²) in [5.41, 5.74) is 0.399. The van der Waals surface area contributed by atoms with E-state index in [1.54, 1.807) is 24.3 Å². The minimum absolute atomic E-state index is 0.0487. The maximum absolute atomic E-state index is 12.2. The zero-order valence-corrected chi connectivity index (χ0v) is 14.4. The molecule has 0 radical (unpaired) electrons. The van der Waals surface area contributed by atoms with Crippen molar-refractivity contribution in [1.29, 1.82) is 0 Å². The van der Waals surface area contributed by atoms with Gasteiger partial charge in [0.25, 0.3) is 0 Å². The maximum Gasteiger partial charge on any atom is 0.334 e. The van der Waals surface area contributed by atoms with Crippen LogP contribution in [0.4, 0.5) is 4.79 Å². The lowest BCUT2D eigenvalue weighted by atomic mass is 10.1. The van der Waals surface area contributed by atoms with Crippen LogP contribution in [-0.4, -0.2) is 46.5 Å². The number of ketones is 1. The molecule has 0 aliphatic carbocycles. The number of halogens is 1. The highest BCUT2D eigenvalue weighted by molar-refractivity contribution is 14.1. The van der Waals surface area contributed by atoms with Crippen molar-refractivity contribution in [3.63, 3.8) is 0 Å². The minimum Gasteiger partial charge on any atom is -0.292 e. The first kappa shape index (κ1) is 16.6. The van der Waals surface area contributed by atoms with Gasteiger partial charge < -0.3 is 0 Å². The summed E-state index contributed by atoms with van der Waals surface area (Å²) in [5.74, 6) is -2.14. The highest BCUT2D eigenvalue weighted by Crippen LogP contribution is 2.15. The van der Waals surface area contributed by atoms with Gasteiger partial charge in [-0.1, -0.05) is 26.0 Å². The molecule has 0 spiro atoms. The summed E-state index contributed by atoms with van der Waals surface area (Å²) in [6, 6.07) is 6.06. The van der Waals surface area contributed by atoms with Crippen LogP contribution < -0.4 is 0 Å². The van der Waals surface area contributed by atoms with Crippen molar-refractivity contribution in [3.8, 4) is 0 Å². The third-order valence-electron chi connectivity index (χ3n) is 3.15. The van der Waals surface area contributed by atoms with Crippen LogP contribution in [0.3, 0.4) is 0 Å². The molecule has 0 unspecified atom stereocenters. The molecular weight excluding hydrogens is 399 g/mol. The summed E-state index contributed by atoms with van der Waals surface area (Å²) in [5, 5.41) is 0. The SMILES string of the molecule is CC(C)CN1C(=O)C(=O)N(CC(=O)c2ccc(I)cc2)C1=O. The number of hydrogen-bond acceptors (Lipinski definition) is 4. The largest absolute Gasteiger partial charge is 0.334 e. The number of imide groups is 2. The van der Waals surface area contributed by atoms with E-state index in [1.165, 1.54) is 0 Å². The first-order chi connectivity index (χ1) is 10.3.